The van der Waals surface area contributed by atoms with E-state index in [2.05, 4.69) is 35.5 Å². The minimum Gasteiger partial charge on any atom is -0.373 e. The normalized spacial score (nSPS) is 25.4. The van der Waals surface area contributed by atoms with Crippen LogP contribution in [0.3, 0.4) is 0 Å². The topological polar surface area (TPSA) is 41.6 Å². The molecule has 1 fully saturated rings. The number of nitrogens with one attached hydrogen (secondary N) is 1. The Balaban J connectivity index is 1.76. The van der Waals surface area contributed by atoms with E-state index in [1.807, 2.05) is 13.0 Å². The van der Waals surface area contributed by atoms with Crippen LogP contribution in [0, 0.1) is 0 Å². The van der Waals surface area contributed by atoms with Gasteiger partial charge in [-0.1, -0.05) is 6.07 Å². The lowest BCUT2D eigenvalue weighted by atomic mass is 10.1. The molecule has 3 unspecified atom stereocenters. The predicted octanol–water partition coefficient (Wildman–Crippen LogP) is 1.90. The maximum Gasteiger partial charge on any atom is 0.237 e. The molecule has 1 aliphatic heterocycles. The highest BCUT2D eigenvalue weighted by Gasteiger charge is 2.28. The van der Waals surface area contributed by atoms with Crippen molar-refractivity contribution in [2.24, 2.45) is 0 Å². The third-order valence-corrected chi connectivity index (χ3v) is 4.56. The summed E-state index contributed by atoms with van der Waals surface area (Å²) >= 11 is 1.73. The van der Waals surface area contributed by atoms with Gasteiger partial charge in [0.25, 0.3) is 0 Å². The third kappa shape index (κ3) is 4.30. The number of carbonyl (C=O) groups is 1. The van der Waals surface area contributed by atoms with Crippen LogP contribution in [0.25, 0.3) is 0 Å². The first-order chi connectivity index (χ1) is 9.56. The summed E-state index contributed by atoms with van der Waals surface area (Å²) in [7, 11) is 0. The lowest BCUT2D eigenvalue weighted by molar-refractivity contribution is -0.131. The molecule has 20 heavy (non-hydrogen) atoms. The van der Waals surface area contributed by atoms with E-state index >= 15 is 0 Å². The fourth-order valence-corrected chi connectivity index (χ4v) is 3.32. The summed E-state index contributed by atoms with van der Waals surface area (Å²) in [6.45, 7) is 8.45. The number of amides is 1. The minimum atomic E-state index is -0.0906. The second-order valence-electron chi connectivity index (χ2n) is 5.51. The summed E-state index contributed by atoms with van der Waals surface area (Å²) in [5.41, 5.74) is 0. The highest BCUT2D eigenvalue weighted by Crippen LogP contribution is 2.13. The standard InChI is InChI=1S/C15H24N2O2S/c1-11-9-17(10-12(2)19-11)13(3)15(18)16-7-6-14-5-4-8-20-14/h4-5,8,11-13H,6-7,9-10H2,1-3H3,(H,16,18). The maximum absolute atomic E-state index is 12.2. The number of nitrogens with zero attached hydrogens (tertiary/aromatic N) is 1. The molecule has 1 amide bonds. The molecule has 4 nitrogen and oxygen atoms in total. The van der Waals surface area contributed by atoms with Crippen LogP contribution in [0.4, 0.5) is 0 Å². The molecule has 2 rings (SSSR count). The van der Waals surface area contributed by atoms with Crippen molar-refractivity contribution >= 4 is 17.2 Å². The van der Waals surface area contributed by atoms with Crippen LogP contribution in [0.2, 0.25) is 0 Å². The van der Waals surface area contributed by atoms with Crippen LogP contribution in [-0.2, 0) is 16.0 Å². The second kappa shape index (κ2) is 7.20. The van der Waals surface area contributed by atoms with Crippen molar-refractivity contribution < 1.29 is 9.53 Å². The van der Waals surface area contributed by atoms with Gasteiger partial charge in [0.1, 0.15) is 0 Å². The Labute approximate surface area is 125 Å². The van der Waals surface area contributed by atoms with Crippen LogP contribution < -0.4 is 5.32 Å². The molecule has 0 radical (unpaired) electrons. The third-order valence-electron chi connectivity index (χ3n) is 3.63. The van der Waals surface area contributed by atoms with E-state index in [4.69, 9.17) is 4.74 Å². The first-order valence-corrected chi connectivity index (χ1v) is 8.14. The Morgan fingerprint density at radius 3 is 2.80 bits per heavy atom. The van der Waals surface area contributed by atoms with Gasteiger partial charge in [0.05, 0.1) is 18.2 Å². The highest BCUT2D eigenvalue weighted by molar-refractivity contribution is 7.09. The van der Waals surface area contributed by atoms with Gasteiger partial charge in [-0.15, -0.1) is 11.3 Å². The van der Waals surface area contributed by atoms with Crippen LogP contribution in [0.15, 0.2) is 17.5 Å². The monoisotopic (exact) mass is 296 g/mol. The summed E-state index contributed by atoms with van der Waals surface area (Å²) in [6.07, 6.45) is 1.30. The number of thiophene rings is 1. The van der Waals surface area contributed by atoms with Gasteiger partial charge < -0.3 is 10.1 Å². The molecular formula is C15H24N2O2S. The van der Waals surface area contributed by atoms with Crippen molar-refractivity contribution in [3.05, 3.63) is 22.4 Å². The number of hydrogen-bond acceptors (Lipinski definition) is 4. The van der Waals surface area contributed by atoms with Crippen molar-refractivity contribution in [3.63, 3.8) is 0 Å². The van der Waals surface area contributed by atoms with Gasteiger partial charge in [0.15, 0.2) is 0 Å². The molecule has 0 saturated carbocycles. The van der Waals surface area contributed by atoms with Gasteiger partial charge in [-0.25, -0.2) is 0 Å². The number of ether oxygens (including phenoxy) is 1. The molecule has 1 aliphatic rings. The zero-order valence-electron chi connectivity index (χ0n) is 12.5. The average Bonchev–Trinajstić information content (AvgIpc) is 2.89. The Morgan fingerprint density at radius 1 is 1.50 bits per heavy atom. The summed E-state index contributed by atoms with van der Waals surface area (Å²) in [5.74, 6) is 0.114. The van der Waals surface area contributed by atoms with E-state index in [9.17, 15) is 4.79 Å². The predicted molar refractivity (Wildman–Crippen MR) is 82.1 cm³/mol. The van der Waals surface area contributed by atoms with Crippen molar-refractivity contribution in [2.45, 2.75) is 45.4 Å². The fraction of sp³-hybridized carbons (Fsp3) is 0.667. The quantitative estimate of drug-likeness (QED) is 0.902. The molecule has 3 atom stereocenters. The van der Waals surface area contributed by atoms with E-state index in [1.165, 1.54) is 4.88 Å². The molecule has 1 aromatic rings. The molecule has 112 valence electrons. The molecule has 0 aliphatic carbocycles. The van der Waals surface area contributed by atoms with Crippen LogP contribution in [0.1, 0.15) is 25.6 Å². The van der Waals surface area contributed by atoms with E-state index in [0.717, 1.165) is 19.5 Å². The van der Waals surface area contributed by atoms with Crippen LogP contribution >= 0.6 is 11.3 Å². The largest absolute Gasteiger partial charge is 0.373 e. The van der Waals surface area contributed by atoms with E-state index in [1.54, 1.807) is 11.3 Å². The Bertz CT molecular complexity index is 412. The van der Waals surface area contributed by atoms with Gasteiger partial charge in [-0.3, -0.25) is 9.69 Å². The second-order valence-corrected chi connectivity index (χ2v) is 6.54. The first-order valence-electron chi connectivity index (χ1n) is 7.26. The molecule has 0 spiro atoms. The number of carbonyl (C=O) groups excluding carboxylic acids is 1. The van der Waals surface area contributed by atoms with E-state index < -0.39 is 0 Å². The fourth-order valence-electron chi connectivity index (χ4n) is 2.61. The summed E-state index contributed by atoms with van der Waals surface area (Å²) in [5, 5.41) is 5.10. The number of rotatable bonds is 5. The molecule has 1 N–H and O–H groups in total. The number of hydrogen-bond donors (Lipinski definition) is 1. The summed E-state index contributed by atoms with van der Waals surface area (Å²) < 4.78 is 5.70. The van der Waals surface area contributed by atoms with Crippen LogP contribution in [-0.4, -0.2) is 48.7 Å². The molecular weight excluding hydrogens is 272 g/mol. The SMILES string of the molecule is CC1CN(C(C)C(=O)NCCc2cccs2)CC(C)O1. The zero-order chi connectivity index (χ0) is 14.5. The maximum atomic E-state index is 12.2. The smallest absolute Gasteiger partial charge is 0.237 e. The van der Waals surface area contributed by atoms with Gasteiger partial charge >= 0.3 is 0 Å². The van der Waals surface area contributed by atoms with Crippen molar-refractivity contribution in [2.75, 3.05) is 19.6 Å². The van der Waals surface area contributed by atoms with Crippen molar-refractivity contribution in [3.8, 4) is 0 Å². The average molecular weight is 296 g/mol. The Hall–Kier alpha value is -0.910. The van der Waals surface area contributed by atoms with Gasteiger partial charge in [-0.2, -0.15) is 0 Å². The molecule has 1 saturated heterocycles. The lowest BCUT2D eigenvalue weighted by Gasteiger charge is -2.38. The van der Waals surface area contributed by atoms with E-state index in [-0.39, 0.29) is 24.2 Å². The summed E-state index contributed by atoms with van der Waals surface area (Å²) in [4.78, 5) is 15.7. The van der Waals surface area contributed by atoms with E-state index in [0.29, 0.717) is 6.54 Å². The van der Waals surface area contributed by atoms with Crippen molar-refractivity contribution in [1.29, 1.82) is 0 Å². The van der Waals surface area contributed by atoms with Gasteiger partial charge in [0.2, 0.25) is 5.91 Å². The molecule has 0 aromatic carbocycles. The minimum absolute atomic E-state index is 0.0906. The molecule has 0 bridgehead atoms. The van der Waals surface area contributed by atoms with Gasteiger partial charge in [-0.05, 0) is 38.6 Å². The van der Waals surface area contributed by atoms with Crippen LogP contribution in [0.5, 0.6) is 0 Å². The Morgan fingerprint density at radius 2 is 2.20 bits per heavy atom. The first kappa shape index (κ1) is 15.5. The zero-order valence-corrected chi connectivity index (χ0v) is 13.3. The van der Waals surface area contributed by atoms with Gasteiger partial charge in [0, 0.05) is 24.5 Å². The number of morpholine rings is 1. The molecule has 2 heterocycles. The lowest BCUT2D eigenvalue weighted by Crippen LogP contribution is -2.54. The molecule has 1 aromatic heterocycles. The molecule has 5 heteroatoms. The Kier molecular flexibility index (Phi) is 5.57. The highest BCUT2D eigenvalue weighted by atomic mass is 32.1. The summed E-state index contributed by atoms with van der Waals surface area (Å²) in [6, 6.07) is 4.05. The van der Waals surface area contributed by atoms with Crippen molar-refractivity contribution in [1.82, 2.24) is 10.2 Å².